The first kappa shape index (κ1) is 24.2. The molecule has 2 aromatic rings. The molecule has 8 nitrogen and oxygen atoms in total. The Kier molecular flexibility index (Phi) is 6.55. The number of benzene rings is 2. The third-order valence-corrected chi connectivity index (χ3v) is 8.24. The van der Waals surface area contributed by atoms with Crippen LogP contribution >= 0.6 is 11.6 Å². The van der Waals surface area contributed by atoms with Gasteiger partial charge in [-0.2, -0.15) is 0 Å². The average Bonchev–Trinajstić information content (AvgIpc) is 3.18. The summed E-state index contributed by atoms with van der Waals surface area (Å²) in [6, 6.07) is 12.9. The van der Waals surface area contributed by atoms with Crippen LogP contribution in [0.4, 0.5) is 0 Å². The molecule has 0 bridgehead atoms. The first-order valence-corrected chi connectivity index (χ1v) is 13.4. The van der Waals surface area contributed by atoms with Crippen LogP contribution in [0.15, 0.2) is 42.5 Å². The van der Waals surface area contributed by atoms with Crippen molar-refractivity contribution in [2.45, 2.75) is 69.4 Å². The number of carbonyl (C=O) groups is 3. The van der Waals surface area contributed by atoms with Crippen LogP contribution in [0.3, 0.4) is 0 Å². The number of rotatable bonds is 6. The Morgan fingerprint density at radius 3 is 2.57 bits per heavy atom. The quantitative estimate of drug-likeness (QED) is 0.583. The molecule has 9 heteroatoms. The van der Waals surface area contributed by atoms with E-state index in [1.165, 1.54) is 6.42 Å². The van der Waals surface area contributed by atoms with E-state index in [2.05, 4.69) is 10.2 Å². The fourth-order valence-electron chi connectivity index (χ4n) is 5.97. The highest BCUT2D eigenvalue weighted by molar-refractivity contribution is 6.32. The lowest BCUT2D eigenvalue weighted by molar-refractivity contribution is -0.136. The van der Waals surface area contributed by atoms with Gasteiger partial charge < -0.3 is 14.4 Å². The maximum Gasteiger partial charge on any atom is 0.255 e. The van der Waals surface area contributed by atoms with Gasteiger partial charge in [0.2, 0.25) is 11.8 Å². The minimum Gasteiger partial charge on any atom is -0.489 e. The highest BCUT2D eigenvalue weighted by atomic mass is 35.5. The minimum atomic E-state index is -0.614. The summed E-state index contributed by atoms with van der Waals surface area (Å²) >= 11 is 6.25. The van der Waals surface area contributed by atoms with E-state index in [4.69, 9.17) is 21.1 Å². The van der Waals surface area contributed by atoms with Gasteiger partial charge in [0.05, 0.1) is 5.02 Å². The molecule has 3 aliphatic heterocycles. The van der Waals surface area contributed by atoms with Crippen molar-refractivity contribution < 1.29 is 23.9 Å². The van der Waals surface area contributed by atoms with Crippen LogP contribution in [0.5, 0.6) is 11.5 Å². The van der Waals surface area contributed by atoms with Gasteiger partial charge in [-0.05, 0) is 61.6 Å². The second kappa shape index (κ2) is 9.99. The van der Waals surface area contributed by atoms with Crippen LogP contribution in [0.25, 0.3) is 0 Å². The number of piperidine rings is 1. The zero-order valence-corrected chi connectivity index (χ0v) is 21.3. The summed E-state index contributed by atoms with van der Waals surface area (Å²) in [5.41, 5.74) is 1.45. The molecule has 1 N–H and O–H groups in total. The van der Waals surface area contributed by atoms with Gasteiger partial charge in [0.15, 0.2) is 0 Å². The van der Waals surface area contributed by atoms with E-state index in [0.717, 1.165) is 49.4 Å². The van der Waals surface area contributed by atoms with E-state index in [0.29, 0.717) is 29.6 Å². The van der Waals surface area contributed by atoms with Crippen molar-refractivity contribution in [3.05, 3.63) is 58.6 Å². The Morgan fingerprint density at radius 1 is 0.946 bits per heavy atom. The maximum atomic E-state index is 13.0. The molecule has 2 aromatic carbocycles. The SMILES string of the molecule is O=C1CCC(N2Cc3cc(O[C@H]4CCCC[C@@H]4N4CC(Oc5ccccc5Cl)C4)ccc3C2=O)C(=O)N1. The van der Waals surface area contributed by atoms with Crippen LogP contribution in [-0.4, -0.2) is 64.9 Å². The number of amides is 3. The summed E-state index contributed by atoms with van der Waals surface area (Å²) < 4.78 is 12.6. The summed E-state index contributed by atoms with van der Waals surface area (Å²) in [6.45, 7) is 2.03. The number of fused-ring (bicyclic) bond motifs is 1. The van der Waals surface area contributed by atoms with Crippen molar-refractivity contribution in [2.24, 2.45) is 0 Å². The van der Waals surface area contributed by atoms with Gasteiger partial charge in [-0.15, -0.1) is 0 Å². The second-order valence-corrected chi connectivity index (χ2v) is 10.8. The highest BCUT2D eigenvalue weighted by Crippen LogP contribution is 2.35. The standard InChI is InChI=1S/C28H30ClN3O5/c29-21-5-1-3-7-24(21)37-19-15-31(16-19)22-6-2-4-8-25(22)36-18-9-10-20-17(13-18)14-32(28(20)35)23-11-12-26(33)30-27(23)34/h1,3,5,7,9-10,13,19,22-23,25H,2,4,6,8,11-12,14-16H2,(H,30,33,34)/t22-,23?,25-/m0/s1. The van der Waals surface area contributed by atoms with Crippen molar-refractivity contribution in [3.63, 3.8) is 0 Å². The van der Waals surface area contributed by atoms with E-state index < -0.39 is 11.9 Å². The summed E-state index contributed by atoms with van der Waals surface area (Å²) in [6.07, 6.45) is 5.15. The van der Waals surface area contributed by atoms with Crippen molar-refractivity contribution >= 4 is 29.3 Å². The van der Waals surface area contributed by atoms with Crippen LogP contribution in [0, 0.1) is 0 Å². The average molecular weight is 524 g/mol. The fourth-order valence-corrected chi connectivity index (χ4v) is 6.15. The monoisotopic (exact) mass is 523 g/mol. The molecule has 4 aliphatic rings. The number of nitrogens with zero attached hydrogens (tertiary/aromatic N) is 2. The van der Waals surface area contributed by atoms with Crippen molar-refractivity contribution in [1.82, 2.24) is 15.1 Å². The Labute approximate surface area is 220 Å². The van der Waals surface area contributed by atoms with Crippen molar-refractivity contribution in [3.8, 4) is 11.5 Å². The molecule has 0 radical (unpaired) electrons. The largest absolute Gasteiger partial charge is 0.489 e. The Balaban J connectivity index is 1.09. The summed E-state index contributed by atoms with van der Waals surface area (Å²) in [4.78, 5) is 40.8. The number of ether oxygens (including phenoxy) is 2. The summed E-state index contributed by atoms with van der Waals surface area (Å²) in [5.74, 6) is 0.622. The van der Waals surface area contributed by atoms with E-state index in [9.17, 15) is 14.4 Å². The third-order valence-electron chi connectivity index (χ3n) is 7.93. The van der Waals surface area contributed by atoms with E-state index in [1.807, 2.05) is 36.4 Å². The molecule has 1 aliphatic carbocycles. The number of imide groups is 1. The van der Waals surface area contributed by atoms with Crippen LogP contribution in [-0.2, 0) is 16.1 Å². The molecule has 3 fully saturated rings. The lowest BCUT2D eigenvalue weighted by Crippen LogP contribution is -2.62. The first-order chi connectivity index (χ1) is 18.0. The number of likely N-dealkylation sites (tertiary alicyclic amines) is 1. The molecule has 2 saturated heterocycles. The molecular formula is C28H30ClN3O5. The molecule has 194 valence electrons. The fraction of sp³-hybridized carbons (Fsp3) is 0.464. The van der Waals surface area contributed by atoms with Gasteiger partial charge in [0.25, 0.3) is 5.91 Å². The van der Waals surface area contributed by atoms with Crippen LogP contribution in [0.1, 0.15) is 54.4 Å². The number of hydrogen-bond donors (Lipinski definition) is 1. The third kappa shape index (κ3) is 4.80. The minimum absolute atomic E-state index is 0.0661. The lowest BCUT2D eigenvalue weighted by Gasteiger charge is -2.47. The molecular weight excluding hydrogens is 494 g/mol. The van der Waals surface area contributed by atoms with Crippen molar-refractivity contribution in [1.29, 1.82) is 0 Å². The summed E-state index contributed by atoms with van der Waals surface area (Å²) in [5, 5.41) is 2.98. The predicted octanol–water partition coefficient (Wildman–Crippen LogP) is 3.55. The predicted molar refractivity (Wildman–Crippen MR) is 137 cm³/mol. The van der Waals surface area contributed by atoms with Gasteiger partial charge >= 0.3 is 0 Å². The smallest absolute Gasteiger partial charge is 0.255 e. The molecule has 3 amide bonds. The maximum absolute atomic E-state index is 13.0. The van der Waals surface area contributed by atoms with Gasteiger partial charge in [0.1, 0.15) is 29.7 Å². The number of carbonyl (C=O) groups excluding carboxylic acids is 3. The number of nitrogens with one attached hydrogen (secondary N) is 1. The molecule has 6 rings (SSSR count). The molecule has 0 aromatic heterocycles. The molecule has 37 heavy (non-hydrogen) atoms. The van der Waals surface area contributed by atoms with E-state index >= 15 is 0 Å². The molecule has 1 unspecified atom stereocenters. The Morgan fingerprint density at radius 2 is 1.76 bits per heavy atom. The summed E-state index contributed by atoms with van der Waals surface area (Å²) in [7, 11) is 0. The first-order valence-electron chi connectivity index (χ1n) is 13.1. The topological polar surface area (TPSA) is 88.2 Å². The highest BCUT2D eigenvalue weighted by Gasteiger charge is 2.41. The second-order valence-electron chi connectivity index (χ2n) is 10.4. The van der Waals surface area contributed by atoms with Gasteiger partial charge in [-0.3, -0.25) is 24.6 Å². The van der Waals surface area contributed by atoms with Gasteiger partial charge in [0, 0.05) is 37.7 Å². The molecule has 3 heterocycles. The van der Waals surface area contributed by atoms with Gasteiger partial charge in [-0.1, -0.05) is 30.2 Å². The van der Waals surface area contributed by atoms with E-state index in [-0.39, 0.29) is 30.4 Å². The number of halogens is 1. The Bertz CT molecular complexity index is 1230. The normalized spacial score (nSPS) is 26.5. The zero-order valence-electron chi connectivity index (χ0n) is 20.5. The lowest BCUT2D eigenvalue weighted by atomic mass is 9.89. The van der Waals surface area contributed by atoms with E-state index in [1.54, 1.807) is 11.0 Å². The van der Waals surface area contributed by atoms with Crippen LogP contribution < -0.4 is 14.8 Å². The van der Waals surface area contributed by atoms with Crippen molar-refractivity contribution in [2.75, 3.05) is 13.1 Å². The molecule has 1 saturated carbocycles. The van der Waals surface area contributed by atoms with Crippen LogP contribution in [0.2, 0.25) is 5.02 Å². The van der Waals surface area contributed by atoms with Gasteiger partial charge in [-0.25, -0.2) is 0 Å². The Hall–Kier alpha value is -3.10. The number of para-hydroxylation sites is 1. The molecule has 3 atom stereocenters. The molecule has 0 spiro atoms. The zero-order chi connectivity index (χ0) is 25.5. The number of hydrogen-bond acceptors (Lipinski definition) is 6.